The molecule has 7 heteroatoms. The topological polar surface area (TPSA) is 70.7 Å². The summed E-state index contributed by atoms with van der Waals surface area (Å²) in [6, 6.07) is 16.5. The van der Waals surface area contributed by atoms with Crippen LogP contribution >= 0.6 is 0 Å². The lowest BCUT2D eigenvalue weighted by atomic mass is 9.92. The van der Waals surface area contributed by atoms with Crippen molar-refractivity contribution in [2.45, 2.75) is 71.3 Å². The number of nitrogens with zero attached hydrogens (tertiary/aromatic N) is 1. The first-order chi connectivity index (χ1) is 15.2. The number of anilines is 1. The monoisotopic (exact) mass is 459 g/mol. The van der Waals surface area contributed by atoms with Crippen LogP contribution in [0, 0.1) is 0 Å². The van der Waals surface area contributed by atoms with Gasteiger partial charge in [0.1, 0.15) is 5.75 Å². The van der Waals surface area contributed by atoms with Crippen LogP contribution in [-0.4, -0.2) is 39.4 Å². The molecule has 0 aromatic heterocycles. The molecule has 0 spiro atoms. The SMILES string of the molecule is CC(C)Oc1ccc(N(C(C)C)S(C)(=O)=O)cc1CNC1CCCNC1c1ccccc1. The number of nitrogens with one attached hydrogen (secondary N) is 2. The first kappa shape index (κ1) is 24.6. The molecule has 0 radical (unpaired) electrons. The molecule has 1 aliphatic rings. The largest absolute Gasteiger partial charge is 0.491 e. The van der Waals surface area contributed by atoms with E-state index >= 15 is 0 Å². The molecule has 32 heavy (non-hydrogen) atoms. The molecule has 2 N–H and O–H groups in total. The molecular formula is C25H37N3O3S. The van der Waals surface area contributed by atoms with Gasteiger partial charge in [0.2, 0.25) is 10.0 Å². The normalized spacial score (nSPS) is 19.3. The molecule has 0 saturated carbocycles. The Kier molecular flexibility index (Phi) is 8.20. The molecule has 6 nitrogen and oxygen atoms in total. The highest BCUT2D eigenvalue weighted by molar-refractivity contribution is 7.92. The number of sulfonamides is 1. The third-order valence-corrected chi connectivity index (χ3v) is 7.01. The van der Waals surface area contributed by atoms with Crippen molar-refractivity contribution in [3.8, 4) is 5.75 Å². The van der Waals surface area contributed by atoms with Gasteiger partial charge >= 0.3 is 0 Å². The molecule has 2 aromatic carbocycles. The van der Waals surface area contributed by atoms with Crippen molar-refractivity contribution >= 4 is 15.7 Å². The third-order valence-electron chi connectivity index (χ3n) is 5.66. The first-order valence-electron chi connectivity index (χ1n) is 11.5. The summed E-state index contributed by atoms with van der Waals surface area (Å²) in [4.78, 5) is 0. The number of rotatable bonds is 9. The van der Waals surface area contributed by atoms with Crippen LogP contribution in [0.15, 0.2) is 48.5 Å². The summed E-state index contributed by atoms with van der Waals surface area (Å²) < 4.78 is 32.4. The van der Waals surface area contributed by atoms with E-state index in [0.29, 0.717) is 12.2 Å². The standard InChI is InChI=1S/C25H37N3O3S/c1-18(2)28(32(5,29)30)22-13-14-24(31-19(3)4)21(16-22)17-27-23-12-9-15-26-25(23)20-10-7-6-8-11-20/h6-8,10-11,13-14,16,18-19,23,25-27H,9,12,15,17H2,1-5H3. The van der Waals surface area contributed by atoms with Gasteiger partial charge in [-0.05, 0) is 70.8 Å². The fraction of sp³-hybridized carbons (Fsp3) is 0.520. The highest BCUT2D eigenvalue weighted by atomic mass is 32.2. The second-order valence-electron chi connectivity index (χ2n) is 9.08. The fourth-order valence-corrected chi connectivity index (χ4v) is 5.70. The molecule has 1 saturated heterocycles. The summed E-state index contributed by atoms with van der Waals surface area (Å²) in [7, 11) is -3.39. The van der Waals surface area contributed by atoms with Gasteiger partial charge in [-0.3, -0.25) is 4.31 Å². The Morgan fingerprint density at radius 3 is 2.47 bits per heavy atom. The van der Waals surface area contributed by atoms with Crippen molar-refractivity contribution in [1.82, 2.24) is 10.6 Å². The Labute approximate surface area is 193 Å². The average Bonchev–Trinajstić information content (AvgIpc) is 2.73. The van der Waals surface area contributed by atoms with Crippen molar-refractivity contribution in [1.29, 1.82) is 0 Å². The van der Waals surface area contributed by atoms with Gasteiger partial charge in [0, 0.05) is 30.2 Å². The lowest BCUT2D eigenvalue weighted by Gasteiger charge is -2.34. The molecule has 2 atom stereocenters. The molecule has 1 aliphatic heterocycles. The molecule has 0 aliphatic carbocycles. The summed E-state index contributed by atoms with van der Waals surface area (Å²) in [5, 5.41) is 7.38. The summed E-state index contributed by atoms with van der Waals surface area (Å²) in [6.07, 6.45) is 3.48. The Balaban J connectivity index is 1.87. The van der Waals surface area contributed by atoms with Crippen molar-refractivity contribution in [3.63, 3.8) is 0 Å². The number of piperidine rings is 1. The molecule has 3 rings (SSSR count). The highest BCUT2D eigenvalue weighted by Gasteiger charge is 2.27. The van der Waals surface area contributed by atoms with E-state index in [1.165, 1.54) is 16.1 Å². The maximum Gasteiger partial charge on any atom is 0.232 e. The summed E-state index contributed by atoms with van der Waals surface area (Å²) >= 11 is 0. The van der Waals surface area contributed by atoms with Gasteiger partial charge in [0.25, 0.3) is 0 Å². The van der Waals surface area contributed by atoms with Crippen molar-refractivity contribution in [2.24, 2.45) is 0 Å². The maximum absolute atomic E-state index is 12.4. The van der Waals surface area contributed by atoms with Crippen LogP contribution in [0.25, 0.3) is 0 Å². The van der Waals surface area contributed by atoms with Crippen LogP contribution in [0.5, 0.6) is 5.75 Å². The van der Waals surface area contributed by atoms with E-state index in [-0.39, 0.29) is 24.2 Å². The van der Waals surface area contributed by atoms with E-state index in [1.807, 2.05) is 52.0 Å². The number of ether oxygens (including phenoxy) is 1. The zero-order valence-corrected chi connectivity index (χ0v) is 20.7. The fourth-order valence-electron chi connectivity index (χ4n) is 4.44. The van der Waals surface area contributed by atoms with Gasteiger partial charge in [-0.25, -0.2) is 8.42 Å². The van der Waals surface area contributed by atoms with E-state index < -0.39 is 10.0 Å². The molecule has 0 bridgehead atoms. The second kappa shape index (κ2) is 10.7. The summed E-state index contributed by atoms with van der Waals surface area (Å²) in [6.45, 7) is 9.37. The highest BCUT2D eigenvalue weighted by Crippen LogP contribution is 2.30. The molecule has 1 fully saturated rings. The summed E-state index contributed by atoms with van der Waals surface area (Å²) in [5.74, 6) is 0.786. The van der Waals surface area contributed by atoms with Crippen LogP contribution in [0.2, 0.25) is 0 Å². The van der Waals surface area contributed by atoms with Crippen LogP contribution in [-0.2, 0) is 16.6 Å². The van der Waals surface area contributed by atoms with E-state index in [0.717, 1.165) is 30.7 Å². The quantitative estimate of drug-likeness (QED) is 0.587. The third kappa shape index (κ3) is 6.24. The predicted octanol–water partition coefficient (Wildman–Crippen LogP) is 4.23. The van der Waals surface area contributed by atoms with Crippen LogP contribution in [0.3, 0.4) is 0 Å². The van der Waals surface area contributed by atoms with Crippen molar-refractivity contribution in [3.05, 3.63) is 59.7 Å². The zero-order chi connectivity index (χ0) is 23.3. The second-order valence-corrected chi connectivity index (χ2v) is 10.9. The molecule has 176 valence electrons. The minimum Gasteiger partial charge on any atom is -0.491 e. The number of benzene rings is 2. The summed E-state index contributed by atoms with van der Waals surface area (Å²) in [5.41, 5.74) is 2.90. The average molecular weight is 460 g/mol. The Hall–Kier alpha value is -2.09. The van der Waals surface area contributed by atoms with Crippen molar-refractivity contribution < 1.29 is 13.2 Å². The van der Waals surface area contributed by atoms with Gasteiger partial charge in [0.15, 0.2) is 0 Å². The van der Waals surface area contributed by atoms with Crippen LogP contribution < -0.4 is 19.7 Å². The van der Waals surface area contributed by atoms with E-state index in [4.69, 9.17) is 4.74 Å². The Bertz CT molecular complexity index is 977. The number of hydrogen-bond acceptors (Lipinski definition) is 5. The van der Waals surface area contributed by atoms with Gasteiger partial charge in [0.05, 0.1) is 18.0 Å². The molecular weight excluding hydrogens is 422 g/mol. The molecule has 2 unspecified atom stereocenters. The van der Waals surface area contributed by atoms with E-state index in [9.17, 15) is 8.42 Å². The predicted molar refractivity (Wildman–Crippen MR) is 132 cm³/mol. The minimum absolute atomic E-state index is 0.0316. The Morgan fingerprint density at radius 1 is 1.12 bits per heavy atom. The maximum atomic E-state index is 12.4. The smallest absolute Gasteiger partial charge is 0.232 e. The van der Waals surface area contributed by atoms with Crippen molar-refractivity contribution in [2.75, 3.05) is 17.1 Å². The molecule has 0 amide bonds. The van der Waals surface area contributed by atoms with Gasteiger partial charge in [-0.2, -0.15) is 0 Å². The van der Waals surface area contributed by atoms with Crippen LogP contribution in [0.4, 0.5) is 5.69 Å². The van der Waals surface area contributed by atoms with Gasteiger partial charge in [-0.15, -0.1) is 0 Å². The van der Waals surface area contributed by atoms with Gasteiger partial charge < -0.3 is 15.4 Å². The van der Waals surface area contributed by atoms with Crippen LogP contribution in [0.1, 0.15) is 57.7 Å². The zero-order valence-electron chi connectivity index (χ0n) is 19.8. The lowest BCUT2D eigenvalue weighted by Crippen LogP contribution is -2.45. The lowest BCUT2D eigenvalue weighted by molar-refractivity contribution is 0.238. The first-order valence-corrected chi connectivity index (χ1v) is 13.3. The minimum atomic E-state index is -3.39. The molecule has 2 aromatic rings. The van der Waals surface area contributed by atoms with E-state index in [1.54, 1.807) is 0 Å². The molecule has 1 heterocycles. The van der Waals surface area contributed by atoms with E-state index in [2.05, 4.69) is 34.9 Å². The number of hydrogen-bond donors (Lipinski definition) is 2. The van der Waals surface area contributed by atoms with Gasteiger partial charge in [-0.1, -0.05) is 30.3 Å². The Morgan fingerprint density at radius 2 is 1.84 bits per heavy atom.